The number of nitrogen functional groups attached to an aromatic ring is 1. The summed E-state index contributed by atoms with van der Waals surface area (Å²) in [5, 5.41) is 0. The Labute approximate surface area is 227 Å². The van der Waals surface area contributed by atoms with Crippen LogP contribution in [0.15, 0.2) is 36.7 Å². The zero-order valence-electron chi connectivity index (χ0n) is 22.2. The molecule has 6 rings (SSSR count). The molecule has 4 heterocycles. The highest BCUT2D eigenvalue weighted by molar-refractivity contribution is 5.83. The molecule has 39 heavy (non-hydrogen) atoms. The van der Waals surface area contributed by atoms with Crippen LogP contribution in [0.3, 0.4) is 0 Å². The van der Waals surface area contributed by atoms with Gasteiger partial charge in [-0.15, -0.1) is 0 Å². The van der Waals surface area contributed by atoms with Crippen molar-refractivity contribution in [3.8, 4) is 22.9 Å². The molecule has 0 spiro atoms. The van der Waals surface area contributed by atoms with Gasteiger partial charge in [-0.25, -0.2) is 15.0 Å². The zero-order valence-corrected chi connectivity index (χ0v) is 22.2. The monoisotopic (exact) mass is 531 g/mol. The molecule has 11 nitrogen and oxygen atoms in total. The number of amides is 1. The Morgan fingerprint density at radius 2 is 1.90 bits per heavy atom. The van der Waals surface area contributed by atoms with Crippen molar-refractivity contribution < 1.29 is 19.0 Å². The van der Waals surface area contributed by atoms with E-state index in [0.29, 0.717) is 50.4 Å². The maximum absolute atomic E-state index is 13.3. The van der Waals surface area contributed by atoms with Crippen molar-refractivity contribution in [2.45, 2.75) is 44.2 Å². The van der Waals surface area contributed by atoms with Gasteiger partial charge in [0.15, 0.2) is 0 Å². The minimum atomic E-state index is -0.219. The van der Waals surface area contributed by atoms with Crippen LogP contribution in [0.25, 0.3) is 11.3 Å². The average Bonchev–Trinajstić information content (AvgIpc) is 3.42. The van der Waals surface area contributed by atoms with Crippen molar-refractivity contribution >= 4 is 17.8 Å². The number of carbonyl (C=O) groups excluding carboxylic acids is 1. The normalized spacial score (nSPS) is 20.9. The molecular weight excluding hydrogens is 498 g/mol. The maximum atomic E-state index is 13.3. The molecule has 1 saturated carbocycles. The summed E-state index contributed by atoms with van der Waals surface area (Å²) < 4.78 is 17.4. The predicted molar refractivity (Wildman–Crippen MR) is 145 cm³/mol. The largest absolute Gasteiger partial charge is 0.493 e. The fourth-order valence-corrected chi connectivity index (χ4v) is 5.22. The fraction of sp³-hybridized carbons (Fsp3) is 0.464. The van der Waals surface area contributed by atoms with E-state index in [2.05, 4.69) is 20.9 Å². The molecular formula is C28H33N7O4. The molecule has 2 N–H and O–H groups in total. The number of carbonyl (C=O) groups is 1. The molecule has 2 aromatic heterocycles. The molecule has 1 aromatic carbocycles. The van der Waals surface area contributed by atoms with Crippen LogP contribution in [0.4, 0.5) is 11.9 Å². The molecule has 1 amide bonds. The number of hydrogen-bond donors (Lipinski definition) is 1. The first kappa shape index (κ1) is 25.3. The summed E-state index contributed by atoms with van der Waals surface area (Å²) in [6, 6.07) is 8.01. The van der Waals surface area contributed by atoms with E-state index in [4.69, 9.17) is 29.9 Å². The van der Waals surface area contributed by atoms with E-state index in [-0.39, 0.29) is 29.9 Å². The van der Waals surface area contributed by atoms with Crippen molar-refractivity contribution in [1.29, 1.82) is 0 Å². The van der Waals surface area contributed by atoms with Crippen LogP contribution in [0.1, 0.15) is 36.8 Å². The SMILES string of the molecule is CC(C(=O)N(C)C1CC(Oc2cc(-c3cnc(N)nc3)nc(N3CCOCC3)n2)C1)c1ccc2c(c1)CCO2. The summed E-state index contributed by atoms with van der Waals surface area (Å²) in [6.45, 7) is 5.33. The van der Waals surface area contributed by atoms with Crippen molar-refractivity contribution in [3.63, 3.8) is 0 Å². The van der Waals surface area contributed by atoms with Gasteiger partial charge in [0, 0.05) is 69.5 Å². The second-order valence-corrected chi connectivity index (χ2v) is 10.3. The van der Waals surface area contributed by atoms with Crippen molar-refractivity contribution in [2.75, 3.05) is 50.6 Å². The number of anilines is 2. The summed E-state index contributed by atoms with van der Waals surface area (Å²) in [5.41, 5.74) is 9.27. The van der Waals surface area contributed by atoms with Crippen molar-refractivity contribution in [1.82, 2.24) is 24.8 Å². The van der Waals surface area contributed by atoms with Crippen LogP contribution in [-0.4, -0.2) is 82.8 Å². The number of aromatic nitrogens is 4. The summed E-state index contributed by atoms with van der Waals surface area (Å²) in [6.07, 6.45) is 5.62. The van der Waals surface area contributed by atoms with Crippen molar-refractivity contribution in [2.24, 2.45) is 0 Å². The highest BCUT2D eigenvalue weighted by Crippen LogP contribution is 2.34. The van der Waals surface area contributed by atoms with E-state index < -0.39 is 0 Å². The average molecular weight is 532 g/mol. The smallest absolute Gasteiger partial charge is 0.229 e. The Hall–Kier alpha value is -3.99. The molecule has 3 aromatic rings. The standard InChI is InChI=1S/C28H33N7O4/c1-17(18-3-4-24-19(11-18)5-8-38-24)26(36)34(2)21-12-22(13-21)39-25-14-23(20-15-30-27(29)31-16-20)32-28(33-25)35-6-9-37-10-7-35/h3-4,11,14-17,21-22H,5-10,12-13H2,1-2H3,(H2,29,30,31). The van der Waals surface area contributed by atoms with Gasteiger partial charge in [-0.1, -0.05) is 12.1 Å². The lowest BCUT2D eigenvalue weighted by Gasteiger charge is -2.41. The highest BCUT2D eigenvalue weighted by atomic mass is 16.5. The summed E-state index contributed by atoms with van der Waals surface area (Å²) in [7, 11) is 1.89. The quantitative estimate of drug-likeness (QED) is 0.485. The Morgan fingerprint density at radius 1 is 1.13 bits per heavy atom. The van der Waals surface area contributed by atoms with Crippen molar-refractivity contribution in [3.05, 3.63) is 47.8 Å². The molecule has 11 heteroatoms. The Balaban J connectivity index is 1.12. The van der Waals surface area contributed by atoms with Crippen LogP contribution in [-0.2, 0) is 16.0 Å². The van der Waals surface area contributed by atoms with E-state index >= 15 is 0 Å². The van der Waals surface area contributed by atoms with Gasteiger partial charge < -0.3 is 29.7 Å². The van der Waals surface area contributed by atoms with Crippen LogP contribution < -0.4 is 20.1 Å². The van der Waals surface area contributed by atoms with Crippen LogP contribution in [0.2, 0.25) is 0 Å². The summed E-state index contributed by atoms with van der Waals surface area (Å²) >= 11 is 0. The van der Waals surface area contributed by atoms with Crippen LogP contribution in [0.5, 0.6) is 11.6 Å². The molecule has 2 aliphatic heterocycles. The number of hydrogen-bond acceptors (Lipinski definition) is 10. The number of fused-ring (bicyclic) bond motifs is 1. The second kappa shape index (κ2) is 10.6. The van der Waals surface area contributed by atoms with Gasteiger partial charge in [0.05, 0.1) is 31.4 Å². The Morgan fingerprint density at radius 3 is 2.67 bits per heavy atom. The maximum Gasteiger partial charge on any atom is 0.229 e. The van der Waals surface area contributed by atoms with E-state index in [1.165, 1.54) is 5.56 Å². The number of benzene rings is 1. The van der Waals surface area contributed by atoms with Gasteiger partial charge >= 0.3 is 0 Å². The first-order valence-electron chi connectivity index (χ1n) is 13.4. The topological polar surface area (TPSA) is 129 Å². The lowest BCUT2D eigenvalue weighted by Crippen LogP contribution is -2.50. The number of nitrogens with two attached hydrogens (primary N) is 1. The first-order chi connectivity index (χ1) is 18.9. The van der Waals surface area contributed by atoms with Crippen LogP contribution in [0, 0.1) is 0 Å². The molecule has 204 valence electrons. The minimum Gasteiger partial charge on any atom is -0.493 e. The van der Waals surface area contributed by atoms with E-state index in [9.17, 15) is 4.79 Å². The van der Waals surface area contributed by atoms with Crippen LogP contribution >= 0.6 is 0 Å². The number of rotatable bonds is 7. The lowest BCUT2D eigenvalue weighted by molar-refractivity contribution is -0.136. The van der Waals surface area contributed by atoms with Gasteiger partial charge in [0.2, 0.25) is 23.7 Å². The van der Waals surface area contributed by atoms with Gasteiger partial charge in [0.1, 0.15) is 11.9 Å². The lowest BCUT2D eigenvalue weighted by atomic mass is 9.86. The molecule has 1 saturated heterocycles. The minimum absolute atomic E-state index is 0.0411. The Bertz CT molecular complexity index is 1340. The van der Waals surface area contributed by atoms with Gasteiger partial charge in [-0.2, -0.15) is 4.98 Å². The number of nitrogens with zero attached hydrogens (tertiary/aromatic N) is 6. The predicted octanol–water partition coefficient (Wildman–Crippen LogP) is 2.46. The number of morpholine rings is 1. The molecule has 1 atom stereocenters. The van der Waals surface area contributed by atoms with Gasteiger partial charge in [-0.3, -0.25) is 4.79 Å². The van der Waals surface area contributed by atoms with E-state index in [1.807, 2.05) is 31.0 Å². The summed E-state index contributed by atoms with van der Waals surface area (Å²) in [5.74, 6) is 2.10. The second-order valence-electron chi connectivity index (χ2n) is 10.3. The Kier molecular flexibility index (Phi) is 6.90. The molecule has 1 aliphatic carbocycles. The van der Waals surface area contributed by atoms with E-state index in [1.54, 1.807) is 18.5 Å². The highest BCUT2D eigenvalue weighted by Gasteiger charge is 2.37. The first-order valence-corrected chi connectivity index (χ1v) is 13.4. The molecule has 0 bridgehead atoms. The van der Waals surface area contributed by atoms with Gasteiger partial charge in [-0.05, 0) is 24.1 Å². The van der Waals surface area contributed by atoms with E-state index in [0.717, 1.165) is 36.1 Å². The fourth-order valence-electron chi connectivity index (χ4n) is 5.22. The zero-order chi connectivity index (χ0) is 26.9. The molecule has 3 aliphatic rings. The van der Waals surface area contributed by atoms with Gasteiger partial charge in [0.25, 0.3) is 0 Å². The number of likely N-dealkylation sites (N-methyl/N-ethyl adjacent to an activating group) is 1. The molecule has 2 fully saturated rings. The third-order valence-electron chi connectivity index (χ3n) is 7.79. The third kappa shape index (κ3) is 5.31. The number of ether oxygens (including phenoxy) is 3. The summed E-state index contributed by atoms with van der Waals surface area (Å²) in [4.78, 5) is 34.9. The third-order valence-corrected chi connectivity index (χ3v) is 7.79. The molecule has 0 radical (unpaired) electrons. The molecule has 1 unspecified atom stereocenters.